The van der Waals surface area contributed by atoms with Crippen molar-refractivity contribution in [3.05, 3.63) is 0 Å². The average Bonchev–Trinajstić information content (AvgIpc) is 2.11. The fourth-order valence-corrected chi connectivity index (χ4v) is 1.32. The summed E-state index contributed by atoms with van der Waals surface area (Å²) in [6, 6.07) is 0. The molecule has 4 nitrogen and oxygen atoms in total. The molecule has 96 valence electrons. The van der Waals surface area contributed by atoms with E-state index in [-0.39, 0.29) is 18.2 Å². The molecule has 0 aliphatic rings. The first-order valence-corrected chi connectivity index (χ1v) is 5.98. The van der Waals surface area contributed by atoms with Crippen molar-refractivity contribution in [1.29, 1.82) is 0 Å². The number of rotatable bonds is 6. The van der Waals surface area contributed by atoms with Crippen LogP contribution in [-0.4, -0.2) is 29.4 Å². The number of unbranched alkanes of at least 4 members (excludes halogenated alkanes) is 1. The van der Waals surface area contributed by atoms with Crippen LogP contribution in [-0.2, 0) is 4.74 Å². The van der Waals surface area contributed by atoms with Gasteiger partial charge in [0, 0.05) is 18.6 Å². The number of amides is 1. The van der Waals surface area contributed by atoms with Crippen LogP contribution < -0.4 is 5.32 Å². The highest BCUT2D eigenvalue weighted by Crippen LogP contribution is 2.10. The molecule has 1 atom stereocenters. The van der Waals surface area contributed by atoms with Gasteiger partial charge in [0.15, 0.2) is 0 Å². The zero-order valence-electron chi connectivity index (χ0n) is 10.9. The maximum absolute atomic E-state index is 11.5. The minimum Gasteiger partial charge on any atom is -0.446 e. The van der Waals surface area contributed by atoms with Gasteiger partial charge in [-0.05, 0) is 27.2 Å². The summed E-state index contributed by atoms with van der Waals surface area (Å²) in [4.78, 5) is 11.5. The Morgan fingerprint density at radius 1 is 1.38 bits per heavy atom. The van der Waals surface area contributed by atoms with Crippen LogP contribution in [0.1, 0.15) is 53.4 Å². The highest BCUT2D eigenvalue weighted by molar-refractivity contribution is 5.68. The van der Waals surface area contributed by atoms with E-state index in [1.807, 2.05) is 20.8 Å². The summed E-state index contributed by atoms with van der Waals surface area (Å²) < 4.78 is 5.26. The van der Waals surface area contributed by atoms with E-state index >= 15 is 0 Å². The first-order chi connectivity index (χ1) is 7.39. The van der Waals surface area contributed by atoms with E-state index in [0.29, 0.717) is 6.42 Å². The number of nitrogens with one attached hydrogen (secondary N) is 1. The molecule has 0 rings (SSSR count). The predicted octanol–water partition coefficient (Wildman–Crippen LogP) is 2.45. The largest absolute Gasteiger partial charge is 0.446 e. The molecule has 0 spiro atoms. The lowest BCUT2D eigenvalue weighted by atomic mass is 10.1. The third-order valence-electron chi connectivity index (χ3n) is 2.08. The molecule has 0 radical (unpaired) electrons. The Balaban J connectivity index is 4.02. The van der Waals surface area contributed by atoms with E-state index < -0.39 is 6.09 Å². The standard InChI is InChI=1S/C12H25NO3/c1-5-6-7-10(8-9-14)16-11(15)13-12(2,3)4/h10,14H,5-9H2,1-4H3,(H,13,15)/t10-/m0/s1. The second-order valence-corrected chi connectivity index (χ2v) is 5.06. The topological polar surface area (TPSA) is 58.6 Å². The molecule has 0 aliphatic carbocycles. The van der Waals surface area contributed by atoms with E-state index in [2.05, 4.69) is 12.2 Å². The minimum absolute atomic E-state index is 0.0528. The Kier molecular flexibility index (Phi) is 7.13. The number of ether oxygens (including phenoxy) is 1. The zero-order chi connectivity index (χ0) is 12.6. The minimum atomic E-state index is -0.401. The molecule has 4 heteroatoms. The fraction of sp³-hybridized carbons (Fsp3) is 0.917. The zero-order valence-corrected chi connectivity index (χ0v) is 10.9. The number of hydrogen-bond acceptors (Lipinski definition) is 3. The van der Waals surface area contributed by atoms with E-state index in [1.165, 1.54) is 0 Å². The normalized spacial score (nSPS) is 13.3. The van der Waals surface area contributed by atoms with Gasteiger partial charge in [-0.2, -0.15) is 0 Å². The van der Waals surface area contributed by atoms with E-state index in [9.17, 15) is 4.79 Å². The van der Waals surface area contributed by atoms with Gasteiger partial charge in [0.25, 0.3) is 0 Å². The molecule has 0 aliphatic heterocycles. The van der Waals surface area contributed by atoms with Gasteiger partial charge in [-0.25, -0.2) is 4.79 Å². The van der Waals surface area contributed by atoms with Crippen molar-refractivity contribution in [2.45, 2.75) is 65.0 Å². The van der Waals surface area contributed by atoms with Crippen molar-refractivity contribution in [2.75, 3.05) is 6.61 Å². The van der Waals surface area contributed by atoms with Crippen molar-refractivity contribution >= 4 is 6.09 Å². The van der Waals surface area contributed by atoms with E-state index in [1.54, 1.807) is 0 Å². The molecule has 0 aromatic heterocycles. The number of carbonyl (C=O) groups is 1. The monoisotopic (exact) mass is 231 g/mol. The molecule has 0 aromatic rings. The summed E-state index contributed by atoms with van der Waals surface area (Å²) in [5.41, 5.74) is -0.286. The van der Waals surface area contributed by atoms with Crippen LogP contribution in [0.4, 0.5) is 4.79 Å². The lowest BCUT2D eigenvalue weighted by Gasteiger charge is -2.23. The van der Waals surface area contributed by atoms with Gasteiger partial charge in [-0.3, -0.25) is 0 Å². The molecule has 0 saturated carbocycles. The molecule has 0 saturated heterocycles. The summed E-state index contributed by atoms with van der Waals surface area (Å²) in [5, 5.41) is 11.6. The number of alkyl carbamates (subject to hydrolysis) is 1. The van der Waals surface area contributed by atoms with Crippen LogP contribution >= 0.6 is 0 Å². The lowest BCUT2D eigenvalue weighted by molar-refractivity contribution is 0.0694. The van der Waals surface area contributed by atoms with Gasteiger partial charge < -0.3 is 15.2 Å². The smallest absolute Gasteiger partial charge is 0.407 e. The summed E-state index contributed by atoms with van der Waals surface area (Å²) >= 11 is 0. The summed E-state index contributed by atoms with van der Waals surface area (Å²) in [6.45, 7) is 7.85. The Morgan fingerprint density at radius 2 is 2.00 bits per heavy atom. The van der Waals surface area contributed by atoms with Crippen LogP contribution in [0.15, 0.2) is 0 Å². The quantitative estimate of drug-likeness (QED) is 0.738. The molecular formula is C12H25NO3. The molecular weight excluding hydrogens is 206 g/mol. The molecule has 0 heterocycles. The lowest BCUT2D eigenvalue weighted by Crippen LogP contribution is -2.42. The summed E-state index contributed by atoms with van der Waals surface area (Å²) in [7, 11) is 0. The molecule has 2 N–H and O–H groups in total. The van der Waals surface area contributed by atoms with Gasteiger partial charge in [0.1, 0.15) is 6.10 Å². The second kappa shape index (κ2) is 7.49. The highest BCUT2D eigenvalue weighted by atomic mass is 16.6. The molecule has 0 aromatic carbocycles. The number of carbonyl (C=O) groups excluding carboxylic acids is 1. The third-order valence-corrected chi connectivity index (χ3v) is 2.08. The Hall–Kier alpha value is -0.770. The highest BCUT2D eigenvalue weighted by Gasteiger charge is 2.18. The van der Waals surface area contributed by atoms with Crippen LogP contribution in [0, 0.1) is 0 Å². The third kappa shape index (κ3) is 8.53. The molecule has 0 unspecified atom stereocenters. The Bertz CT molecular complexity index is 199. The van der Waals surface area contributed by atoms with Crippen molar-refractivity contribution in [2.24, 2.45) is 0 Å². The fourth-order valence-electron chi connectivity index (χ4n) is 1.32. The summed E-state index contributed by atoms with van der Waals surface area (Å²) in [5.74, 6) is 0. The van der Waals surface area contributed by atoms with Crippen LogP contribution in [0.5, 0.6) is 0 Å². The Labute approximate surface area is 98.4 Å². The average molecular weight is 231 g/mol. The number of aliphatic hydroxyl groups excluding tert-OH is 1. The van der Waals surface area contributed by atoms with Crippen LogP contribution in [0.2, 0.25) is 0 Å². The maximum atomic E-state index is 11.5. The van der Waals surface area contributed by atoms with E-state index in [0.717, 1.165) is 19.3 Å². The van der Waals surface area contributed by atoms with E-state index in [4.69, 9.17) is 9.84 Å². The van der Waals surface area contributed by atoms with Crippen molar-refractivity contribution in [3.63, 3.8) is 0 Å². The van der Waals surface area contributed by atoms with Gasteiger partial charge in [-0.15, -0.1) is 0 Å². The SMILES string of the molecule is CCCC[C@@H](CCO)OC(=O)NC(C)(C)C. The Morgan fingerprint density at radius 3 is 2.44 bits per heavy atom. The van der Waals surface area contributed by atoms with Crippen LogP contribution in [0.25, 0.3) is 0 Å². The van der Waals surface area contributed by atoms with Gasteiger partial charge in [-0.1, -0.05) is 19.8 Å². The summed E-state index contributed by atoms with van der Waals surface area (Å²) in [6.07, 6.45) is 2.82. The molecule has 1 amide bonds. The van der Waals surface area contributed by atoms with Crippen molar-refractivity contribution < 1.29 is 14.6 Å². The van der Waals surface area contributed by atoms with Crippen molar-refractivity contribution in [3.8, 4) is 0 Å². The molecule has 0 fully saturated rings. The second-order valence-electron chi connectivity index (χ2n) is 5.06. The van der Waals surface area contributed by atoms with Crippen LogP contribution in [0.3, 0.4) is 0 Å². The first-order valence-electron chi connectivity index (χ1n) is 5.98. The number of aliphatic hydroxyl groups is 1. The number of hydrogen-bond donors (Lipinski definition) is 2. The first kappa shape index (κ1) is 15.2. The molecule has 0 bridgehead atoms. The maximum Gasteiger partial charge on any atom is 0.407 e. The predicted molar refractivity (Wildman–Crippen MR) is 64.4 cm³/mol. The van der Waals surface area contributed by atoms with Crippen molar-refractivity contribution in [1.82, 2.24) is 5.32 Å². The van der Waals surface area contributed by atoms with Gasteiger partial charge >= 0.3 is 6.09 Å². The van der Waals surface area contributed by atoms with Gasteiger partial charge in [0.2, 0.25) is 0 Å². The molecule has 16 heavy (non-hydrogen) atoms. The van der Waals surface area contributed by atoms with Gasteiger partial charge in [0.05, 0.1) is 0 Å².